The zero-order valence-corrected chi connectivity index (χ0v) is 10.8. The van der Waals surface area contributed by atoms with E-state index in [4.69, 9.17) is 4.74 Å². The molecule has 0 unspecified atom stereocenters. The summed E-state index contributed by atoms with van der Waals surface area (Å²) < 4.78 is 4.96. The molecule has 0 aliphatic rings. The van der Waals surface area contributed by atoms with Crippen LogP contribution in [0.4, 0.5) is 0 Å². The van der Waals surface area contributed by atoms with E-state index in [2.05, 4.69) is 13.8 Å². The fourth-order valence-electron chi connectivity index (χ4n) is 0.728. The van der Waals surface area contributed by atoms with E-state index < -0.39 is 0 Å². The first-order valence-electron chi connectivity index (χ1n) is 4.22. The Morgan fingerprint density at radius 3 is 2.17 bits per heavy atom. The minimum absolute atomic E-state index is 0. The molecule has 0 N–H and O–H groups in total. The zero-order chi connectivity index (χ0) is 8.85. The number of hydrogen-bond donors (Lipinski definition) is 0. The number of carbonyl (C=O) groups is 1. The standard InChI is InChI=1S/C9H18O2.Ca.2H/c1-7(2)5-6-9(10)11-8(3)4;;;/h7-8H,5-6H2,1-4H3;;;/q;+2;2*-1. The maximum atomic E-state index is 10.9. The first-order valence-corrected chi connectivity index (χ1v) is 4.22. The summed E-state index contributed by atoms with van der Waals surface area (Å²) in [5.74, 6) is 0.503. The van der Waals surface area contributed by atoms with Gasteiger partial charge < -0.3 is 7.59 Å². The predicted octanol–water partition coefficient (Wildman–Crippen LogP) is 2.22. The van der Waals surface area contributed by atoms with Gasteiger partial charge in [0.25, 0.3) is 0 Å². The monoisotopic (exact) mass is 200 g/mol. The van der Waals surface area contributed by atoms with Crippen LogP contribution in [0, 0.1) is 5.92 Å². The predicted molar refractivity (Wildman–Crippen MR) is 53.3 cm³/mol. The minimum atomic E-state index is -0.0753. The summed E-state index contributed by atoms with van der Waals surface area (Å²) in [6, 6.07) is 0. The smallest absolute Gasteiger partial charge is 1.00 e. The van der Waals surface area contributed by atoms with Crippen molar-refractivity contribution in [3.05, 3.63) is 0 Å². The number of esters is 1. The Labute approximate surface area is 108 Å². The Kier molecular flexibility index (Phi) is 10.6. The van der Waals surface area contributed by atoms with Crippen molar-refractivity contribution in [3.8, 4) is 0 Å². The quantitative estimate of drug-likeness (QED) is 0.514. The van der Waals surface area contributed by atoms with Crippen LogP contribution in [0.1, 0.15) is 43.4 Å². The van der Waals surface area contributed by atoms with Gasteiger partial charge in [0.2, 0.25) is 0 Å². The molecule has 0 saturated heterocycles. The maximum Gasteiger partial charge on any atom is 2.00 e. The van der Waals surface area contributed by atoms with Gasteiger partial charge >= 0.3 is 43.7 Å². The average Bonchev–Trinajstić information content (AvgIpc) is 1.82. The molecule has 0 heterocycles. The molecule has 0 spiro atoms. The van der Waals surface area contributed by atoms with Gasteiger partial charge in [0.1, 0.15) is 0 Å². The van der Waals surface area contributed by atoms with Gasteiger partial charge in [-0.05, 0) is 26.2 Å². The van der Waals surface area contributed by atoms with Gasteiger partial charge in [0.05, 0.1) is 6.10 Å². The average molecular weight is 200 g/mol. The number of ether oxygens (including phenoxy) is 1. The van der Waals surface area contributed by atoms with E-state index in [9.17, 15) is 4.79 Å². The van der Waals surface area contributed by atoms with Gasteiger partial charge in [0, 0.05) is 6.42 Å². The second-order valence-electron chi connectivity index (χ2n) is 3.47. The second kappa shape index (κ2) is 8.33. The maximum absolute atomic E-state index is 10.9. The van der Waals surface area contributed by atoms with Gasteiger partial charge in [-0.2, -0.15) is 0 Å². The topological polar surface area (TPSA) is 26.3 Å². The van der Waals surface area contributed by atoms with Crippen LogP contribution in [0.2, 0.25) is 0 Å². The third-order valence-corrected chi connectivity index (χ3v) is 1.29. The van der Waals surface area contributed by atoms with Crippen LogP contribution in [-0.2, 0) is 9.53 Å². The summed E-state index contributed by atoms with van der Waals surface area (Å²) in [4.78, 5) is 10.9. The van der Waals surface area contributed by atoms with Crippen molar-refractivity contribution in [2.24, 2.45) is 5.92 Å². The molecule has 0 aromatic heterocycles. The number of rotatable bonds is 4. The molecule has 0 amide bonds. The van der Waals surface area contributed by atoms with Crippen LogP contribution in [0.15, 0.2) is 0 Å². The van der Waals surface area contributed by atoms with Crippen molar-refractivity contribution in [3.63, 3.8) is 0 Å². The first kappa shape index (κ1) is 15.2. The van der Waals surface area contributed by atoms with Crippen LogP contribution < -0.4 is 0 Å². The summed E-state index contributed by atoms with van der Waals surface area (Å²) >= 11 is 0. The van der Waals surface area contributed by atoms with Crippen LogP contribution in [0.3, 0.4) is 0 Å². The molecule has 12 heavy (non-hydrogen) atoms. The summed E-state index contributed by atoms with van der Waals surface area (Å²) in [5, 5.41) is 0. The molecular weight excluding hydrogens is 180 g/mol. The Morgan fingerprint density at radius 1 is 1.33 bits per heavy atom. The summed E-state index contributed by atoms with van der Waals surface area (Å²) in [7, 11) is 0. The van der Waals surface area contributed by atoms with E-state index in [1.165, 1.54) is 0 Å². The van der Waals surface area contributed by atoms with Crippen molar-refractivity contribution in [1.82, 2.24) is 0 Å². The Hall–Kier alpha value is 0.730. The van der Waals surface area contributed by atoms with Crippen LogP contribution in [0.25, 0.3) is 0 Å². The Bertz CT molecular complexity index is 130. The van der Waals surface area contributed by atoms with Crippen molar-refractivity contribution in [2.75, 3.05) is 0 Å². The van der Waals surface area contributed by atoms with E-state index in [1.807, 2.05) is 13.8 Å². The van der Waals surface area contributed by atoms with E-state index in [0.29, 0.717) is 12.3 Å². The summed E-state index contributed by atoms with van der Waals surface area (Å²) in [6.45, 7) is 7.94. The van der Waals surface area contributed by atoms with Crippen molar-refractivity contribution < 1.29 is 12.4 Å². The molecular formula is C9H20CaO2. The molecule has 0 fully saturated rings. The fraction of sp³-hybridized carbons (Fsp3) is 0.889. The van der Waals surface area contributed by atoms with Gasteiger partial charge in [0.15, 0.2) is 0 Å². The molecule has 0 radical (unpaired) electrons. The van der Waals surface area contributed by atoms with Gasteiger partial charge in [-0.3, -0.25) is 4.79 Å². The van der Waals surface area contributed by atoms with Crippen molar-refractivity contribution >= 4 is 43.7 Å². The zero-order valence-electron chi connectivity index (χ0n) is 10.6. The van der Waals surface area contributed by atoms with E-state index in [-0.39, 0.29) is 52.7 Å². The first-order chi connectivity index (χ1) is 5.02. The molecule has 2 nitrogen and oxygen atoms in total. The summed E-state index contributed by atoms with van der Waals surface area (Å²) in [6.07, 6.45) is 1.50. The SMILES string of the molecule is CC(C)CCC(=O)OC(C)C.[Ca+2].[H-].[H-]. The molecule has 0 rings (SSSR count). The molecule has 0 bridgehead atoms. The Morgan fingerprint density at radius 2 is 1.83 bits per heavy atom. The molecule has 0 aliphatic carbocycles. The largest absolute Gasteiger partial charge is 2.00 e. The van der Waals surface area contributed by atoms with Crippen LogP contribution in [-0.4, -0.2) is 49.8 Å². The molecule has 0 aliphatic heterocycles. The fourth-order valence-corrected chi connectivity index (χ4v) is 0.728. The van der Waals surface area contributed by atoms with E-state index in [0.717, 1.165) is 6.42 Å². The third kappa shape index (κ3) is 10.7. The molecule has 0 atom stereocenters. The summed E-state index contributed by atoms with van der Waals surface area (Å²) in [5.41, 5.74) is 0. The van der Waals surface area contributed by atoms with Gasteiger partial charge in [-0.1, -0.05) is 13.8 Å². The third-order valence-electron chi connectivity index (χ3n) is 1.29. The normalized spacial score (nSPS) is 9.83. The van der Waals surface area contributed by atoms with Crippen LogP contribution >= 0.6 is 0 Å². The number of hydrogen-bond acceptors (Lipinski definition) is 2. The van der Waals surface area contributed by atoms with Gasteiger partial charge in [-0.15, -0.1) is 0 Å². The molecule has 70 valence electrons. The second-order valence-corrected chi connectivity index (χ2v) is 3.47. The van der Waals surface area contributed by atoms with Crippen LogP contribution in [0.5, 0.6) is 0 Å². The number of carbonyl (C=O) groups excluding carboxylic acids is 1. The minimum Gasteiger partial charge on any atom is -1.00 e. The molecule has 0 aromatic rings. The van der Waals surface area contributed by atoms with E-state index in [1.54, 1.807) is 0 Å². The Balaban J connectivity index is -0.000000167. The van der Waals surface area contributed by atoms with Crippen molar-refractivity contribution in [1.29, 1.82) is 0 Å². The molecule has 0 aromatic carbocycles. The van der Waals surface area contributed by atoms with Gasteiger partial charge in [-0.25, -0.2) is 0 Å². The van der Waals surface area contributed by atoms with Crippen molar-refractivity contribution in [2.45, 2.75) is 46.6 Å². The molecule has 0 saturated carbocycles. The molecule has 3 heteroatoms. The van der Waals surface area contributed by atoms with E-state index >= 15 is 0 Å².